The molecule has 0 aliphatic rings. The minimum absolute atomic E-state index is 0.0753. The Hall–Kier alpha value is -2.10. The predicted molar refractivity (Wildman–Crippen MR) is 102 cm³/mol. The molecule has 9 heteroatoms. The molecule has 1 atom stereocenters. The summed E-state index contributed by atoms with van der Waals surface area (Å²) in [5.41, 5.74) is 0.802. The number of sulfonamides is 1. The first-order valence-corrected chi connectivity index (χ1v) is 10.7. The SMILES string of the molecule is CCN(CC)/S(=N\S(=O)(=O)c1ccc(C)cc1)c1ccccc1[N+](=O)[O-]. The fourth-order valence-electron chi connectivity index (χ4n) is 2.30. The number of benzene rings is 2. The highest BCUT2D eigenvalue weighted by Gasteiger charge is 2.24. The lowest BCUT2D eigenvalue weighted by Gasteiger charge is -2.21. The zero-order chi connectivity index (χ0) is 19.3. The molecule has 0 spiro atoms. The molecule has 0 aromatic heterocycles. The Bertz CT molecular complexity index is 921. The summed E-state index contributed by atoms with van der Waals surface area (Å²) in [6, 6.07) is 12.5. The van der Waals surface area contributed by atoms with Gasteiger partial charge in [0.2, 0.25) is 0 Å². The maximum atomic E-state index is 12.8. The summed E-state index contributed by atoms with van der Waals surface area (Å²) in [7, 11) is -5.26. The van der Waals surface area contributed by atoms with Crippen molar-refractivity contribution in [3.8, 4) is 0 Å². The van der Waals surface area contributed by atoms with E-state index in [1.165, 1.54) is 18.2 Å². The zero-order valence-electron chi connectivity index (χ0n) is 14.8. The van der Waals surface area contributed by atoms with Gasteiger partial charge in [0.1, 0.15) is 4.90 Å². The van der Waals surface area contributed by atoms with E-state index >= 15 is 0 Å². The van der Waals surface area contributed by atoms with Gasteiger partial charge in [0.05, 0.1) is 9.82 Å². The van der Waals surface area contributed by atoms with Gasteiger partial charge in [-0.15, -0.1) is 3.77 Å². The Labute approximate surface area is 156 Å². The number of rotatable bonds is 7. The molecule has 0 heterocycles. The minimum Gasteiger partial charge on any atom is -0.258 e. The molecule has 1 unspecified atom stereocenters. The van der Waals surface area contributed by atoms with Crippen LogP contribution in [-0.2, 0) is 20.9 Å². The lowest BCUT2D eigenvalue weighted by molar-refractivity contribution is -0.387. The quantitative estimate of drug-likeness (QED) is 0.526. The molecule has 7 nitrogen and oxygen atoms in total. The summed E-state index contributed by atoms with van der Waals surface area (Å²) in [5.74, 6) is 0. The topological polar surface area (TPSA) is 92.9 Å². The molecule has 0 aliphatic heterocycles. The van der Waals surface area contributed by atoms with E-state index in [1.807, 2.05) is 20.8 Å². The van der Waals surface area contributed by atoms with Gasteiger partial charge in [-0.1, -0.05) is 43.7 Å². The molecule has 2 aromatic carbocycles. The monoisotopic (exact) mass is 395 g/mol. The standard InChI is InChI=1S/C17H21N3O4S2/c1-4-19(5-2)25(17-9-7-6-8-16(17)20(21)22)18-26(23,24)15-12-10-14(3)11-13-15/h6-13H,4-5H2,1-3H3. The van der Waals surface area contributed by atoms with Gasteiger partial charge >= 0.3 is 0 Å². The third kappa shape index (κ3) is 4.54. The molecule has 140 valence electrons. The maximum absolute atomic E-state index is 12.8. The van der Waals surface area contributed by atoms with Crippen molar-refractivity contribution in [2.45, 2.75) is 30.6 Å². The number of nitrogens with zero attached hydrogens (tertiary/aromatic N) is 3. The van der Waals surface area contributed by atoms with Crippen LogP contribution < -0.4 is 0 Å². The summed E-state index contributed by atoms with van der Waals surface area (Å²) < 4.78 is 31.5. The van der Waals surface area contributed by atoms with Gasteiger partial charge in [0.25, 0.3) is 15.7 Å². The second-order valence-corrected chi connectivity index (χ2v) is 8.97. The van der Waals surface area contributed by atoms with Crippen LogP contribution in [0.25, 0.3) is 0 Å². The molecule has 2 rings (SSSR count). The highest BCUT2D eigenvalue weighted by atomic mass is 32.3. The molecular formula is C17H21N3O4S2. The van der Waals surface area contributed by atoms with Crippen LogP contribution in [0.2, 0.25) is 0 Å². The number of hydrogen-bond donors (Lipinski definition) is 0. The van der Waals surface area contributed by atoms with Gasteiger partial charge in [-0.2, -0.15) is 8.42 Å². The summed E-state index contributed by atoms with van der Waals surface area (Å²) in [6.07, 6.45) is 0. The Morgan fingerprint density at radius 2 is 1.65 bits per heavy atom. The molecule has 0 N–H and O–H groups in total. The van der Waals surface area contributed by atoms with Gasteiger partial charge in [-0.05, 0) is 25.1 Å². The molecule has 0 radical (unpaired) electrons. The van der Waals surface area contributed by atoms with Crippen LogP contribution in [0.15, 0.2) is 62.1 Å². The third-order valence-electron chi connectivity index (χ3n) is 3.70. The summed E-state index contributed by atoms with van der Waals surface area (Å²) in [4.78, 5) is 11.3. The number of hydrogen-bond acceptors (Lipinski definition) is 4. The van der Waals surface area contributed by atoms with Gasteiger partial charge in [-0.3, -0.25) is 10.1 Å². The first-order chi connectivity index (χ1) is 12.3. The molecule has 0 bridgehead atoms. The second-order valence-electron chi connectivity index (χ2n) is 5.47. The molecule has 0 aliphatic carbocycles. The van der Waals surface area contributed by atoms with E-state index in [1.54, 1.807) is 34.6 Å². The van der Waals surface area contributed by atoms with Crippen LogP contribution in [-0.4, -0.2) is 30.7 Å². The van der Waals surface area contributed by atoms with E-state index in [4.69, 9.17) is 0 Å². The Morgan fingerprint density at radius 1 is 1.08 bits per heavy atom. The van der Waals surface area contributed by atoms with E-state index in [9.17, 15) is 18.5 Å². The van der Waals surface area contributed by atoms with Crippen molar-refractivity contribution in [1.29, 1.82) is 0 Å². The van der Waals surface area contributed by atoms with Crippen molar-refractivity contribution in [1.82, 2.24) is 4.31 Å². The summed E-state index contributed by atoms with van der Waals surface area (Å²) in [6.45, 7) is 6.62. The largest absolute Gasteiger partial charge is 0.289 e. The van der Waals surface area contributed by atoms with Crippen LogP contribution in [0.1, 0.15) is 19.4 Å². The van der Waals surface area contributed by atoms with E-state index in [2.05, 4.69) is 3.77 Å². The smallest absolute Gasteiger partial charge is 0.258 e. The summed E-state index contributed by atoms with van der Waals surface area (Å²) in [5, 5.41) is 11.4. The van der Waals surface area contributed by atoms with Crippen molar-refractivity contribution < 1.29 is 13.3 Å². The van der Waals surface area contributed by atoms with Crippen LogP contribution in [0.3, 0.4) is 0 Å². The Morgan fingerprint density at radius 3 is 2.19 bits per heavy atom. The molecule has 2 aromatic rings. The first-order valence-electron chi connectivity index (χ1n) is 8.07. The van der Waals surface area contributed by atoms with Crippen LogP contribution >= 0.6 is 0 Å². The van der Waals surface area contributed by atoms with Crippen LogP contribution in [0.5, 0.6) is 0 Å². The van der Waals surface area contributed by atoms with Gasteiger partial charge < -0.3 is 0 Å². The van der Waals surface area contributed by atoms with Gasteiger partial charge in [0, 0.05) is 30.0 Å². The lowest BCUT2D eigenvalue weighted by Crippen LogP contribution is -2.26. The van der Waals surface area contributed by atoms with Gasteiger partial charge in [-0.25, -0.2) is 4.31 Å². The van der Waals surface area contributed by atoms with Crippen molar-refractivity contribution in [3.63, 3.8) is 0 Å². The first kappa shape index (κ1) is 20.2. The number of nitro groups is 1. The Kier molecular flexibility index (Phi) is 6.63. The fourth-order valence-corrected chi connectivity index (χ4v) is 5.87. The average molecular weight is 396 g/mol. The van der Waals surface area contributed by atoms with E-state index in [-0.39, 0.29) is 15.5 Å². The molecule has 0 amide bonds. The van der Waals surface area contributed by atoms with Crippen LogP contribution in [0.4, 0.5) is 5.69 Å². The zero-order valence-corrected chi connectivity index (χ0v) is 16.5. The number of aryl methyl sites for hydroxylation is 1. The minimum atomic E-state index is -3.96. The molecule has 0 saturated heterocycles. The van der Waals surface area contributed by atoms with E-state index in [0.717, 1.165) is 5.56 Å². The van der Waals surface area contributed by atoms with Gasteiger partial charge in [0.15, 0.2) is 0 Å². The molecule has 0 fully saturated rings. The fraction of sp³-hybridized carbons (Fsp3) is 0.294. The average Bonchev–Trinajstić information content (AvgIpc) is 2.62. The summed E-state index contributed by atoms with van der Waals surface area (Å²) >= 11 is 0. The van der Waals surface area contributed by atoms with E-state index < -0.39 is 25.8 Å². The van der Waals surface area contributed by atoms with Crippen molar-refractivity contribution >= 4 is 26.6 Å². The molecular weight excluding hydrogens is 374 g/mol. The maximum Gasteiger partial charge on any atom is 0.289 e. The highest BCUT2D eigenvalue weighted by molar-refractivity contribution is 7.99. The van der Waals surface area contributed by atoms with Crippen LogP contribution in [0, 0.1) is 17.0 Å². The molecule has 26 heavy (non-hydrogen) atoms. The highest BCUT2D eigenvalue weighted by Crippen LogP contribution is 2.27. The number of para-hydroxylation sites is 1. The van der Waals surface area contributed by atoms with Crippen molar-refractivity contribution in [2.24, 2.45) is 3.77 Å². The lowest BCUT2D eigenvalue weighted by atomic mass is 10.2. The number of nitro benzene ring substituents is 1. The normalized spacial score (nSPS) is 13.1. The molecule has 0 saturated carbocycles. The van der Waals surface area contributed by atoms with Crippen molar-refractivity contribution in [2.75, 3.05) is 13.1 Å². The third-order valence-corrected chi connectivity index (χ3v) is 7.66. The second kappa shape index (κ2) is 8.52. The van der Waals surface area contributed by atoms with E-state index in [0.29, 0.717) is 13.1 Å². The van der Waals surface area contributed by atoms with Crippen molar-refractivity contribution in [3.05, 3.63) is 64.2 Å². The Balaban J connectivity index is 2.68. The predicted octanol–water partition coefficient (Wildman–Crippen LogP) is 3.71.